The highest BCUT2D eigenvalue weighted by molar-refractivity contribution is 5.98. The van der Waals surface area contributed by atoms with Crippen molar-refractivity contribution in [2.75, 3.05) is 11.4 Å². The van der Waals surface area contributed by atoms with Crippen LogP contribution in [0.5, 0.6) is 0 Å². The zero-order valence-corrected chi connectivity index (χ0v) is 12.9. The van der Waals surface area contributed by atoms with Crippen LogP contribution in [0.15, 0.2) is 37.2 Å². The molecule has 21 heavy (non-hydrogen) atoms. The SMILES string of the molecule is C=CC1(C(=O)N(CC)c2cnc(C)nc2)CCC=CCC1. The number of nitrogens with zero attached hydrogens (tertiary/aromatic N) is 3. The van der Waals surface area contributed by atoms with Gasteiger partial charge in [0.15, 0.2) is 0 Å². The van der Waals surface area contributed by atoms with Crippen LogP contribution in [0.1, 0.15) is 38.4 Å². The summed E-state index contributed by atoms with van der Waals surface area (Å²) in [5, 5.41) is 0. The van der Waals surface area contributed by atoms with Crippen LogP contribution in [-0.4, -0.2) is 22.4 Å². The second kappa shape index (κ2) is 6.66. The summed E-state index contributed by atoms with van der Waals surface area (Å²) in [6.45, 7) is 8.36. The topological polar surface area (TPSA) is 46.1 Å². The highest BCUT2D eigenvalue weighted by atomic mass is 16.2. The summed E-state index contributed by atoms with van der Waals surface area (Å²) in [6.07, 6.45) is 13.0. The van der Waals surface area contributed by atoms with E-state index < -0.39 is 5.41 Å². The van der Waals surface area contributed by atoms with Crippen molar-refractivity contribution in [1.82, 2.24) is 9.97 Å². The van der Waals surface area contributed by atoms with Crippen molar-refractivity contribution >= 4 is 11.6 Å². The van der Waals surface area contributed by atoms with E-state index in [9.17, 15) is 4.79 Å². The number of carbonyl (C=O) groups excluding carboxylic acids is 1. The maximum absolute atomic E-state index is 13.1. The fraction of sp³-hybridized carbons (Fsp3) is 0.471. The van der Waals surface area contributed by atoms with Crippen LogP contribution >= 0.6 is 0 Å². The third-order valence-corrected chi connectivity index (χ3v) is 4.14. The molecule has 0 unspecified atom stereocenters. The molecule has 112 valence electrons. The number of hydrogen-bond donors (Lipinski definition) is 0. The Balaban J connectivity index is 2.29. The Morgan fingerprint density at radius 1 is 1.33 bits per heavy atom. The molecule has 4 nitrogen and oxygen atoms in total. The molecular weight excluding hydrogens is 262 g/mol. The predicted octanol–water partition coefficient (Wildman–Crippen LogP) is 3.44. The first-order valence-electron chi connectivity index (χ1n) is 7.52. The quantitative estimate of drug-likeness (QED) is 0.796. The lowest BCUT2D eigenvalue weighted by atomic mass is 9.78. The highest BCUT2D eigenvalue weighted by Crippen LogP contribution is 2.37. The van der Waals surface area contributed by atoms with Gasteiger partial charge >= 0.3 is 0 Å². The van der Waals surface area contributed by atoms with E-state index in [1.54, 1.807) is 17.3 Å². The molecule has 1 amide bonds. The minimum absolute atomic E-state index is 0.108. The third-order valence-electron chi connectivity index (χ3n) is 4.14. The van der Waals surface area contributed by atoms with Crippen LogP contribution < -0.4 is 4.90 Å². The van der Waals surface area contributed by atoms with Gasteiger partial charge in [-0.1, -0.05) is 18.2 Å². The molecule has 1 aromatic rings. The molecular formula is C17H23N3O. The Morgan fingerprint density at radius 2 is 1.90 bits per heavy atom. The van der Waals surface area contributed by atoms with E-state index in [4.69, 9.17) is 0 Å². The molecule has 0 fully saturated rings. The van der Waals surface area contributed by atoms with Gasteiger partial charge in [0, 0.05) is 6.54 Å². The maximum atomic E-state index is 13.1. The van der Waals surface area contributed by atoms with Crippen LogP contribution in [0.4, 0.5) is 5.69 Å². The lowest BCUT2D eigenvalue weighted by Crippen LogP contribution is -2.43. The molecule has 0 radical (unpaired) electrons. The molecule has 1 aliphatic rings. The van der Waals surface area contributed by atoms with Gasteiger partial charge in [0.1, 0.15) is 5.82 Å². The second-order valence-electron chi connectivity index (χ2n) is 5.45. The van der Waals surface area contributed by atoms with E-state index in [0.717, 1.165) is 31.4 Å². The van der Waals surface area contributed by atoms with Gasteiger partial charge in [0.2, 0.25) is 5.91 Å². The summed E-state index contributed by atoms with van der Waals surface area (Å²) in [6, 6.07) is 0. The summed E-state index contributed by atoms with van der Waals surface area (Å²) in [7, 11) is 0. The number of anilines is 1. The second-order valence-corrected chi connectivity index (χ2v) is 5.45. The summed E-state index contributed by atoms with van der Waals surface area (Å²) >= 11 is 0. The number of carbonyl (C=O) groups is 1. The fourth-order valence-electron chi connectivity index (χ4n) is 2.79. The van der Waals surface area contributed by atoms with E-state index in [1.807, 2.05) is 19.9 Å². The smallest absolute Gasteiger partial charge is 0.237 e. The lowest BCUT2D eigenvalue weighted by molar-refractivity contribution is -0.126. The minimum Gasteiger partial charge on any atom is -0.309 e. The average Bonchev–Trinajstić information content (AvgIpc) is 2.76. The average molecular weight is 285 g/mol. The fourth-order valence-corrected chi connectivity index (χ4v) is 2.79. The van der Waals surface area contributed by atoms with Gasteiger partial charge in [-0.05, 0) is 39.5 Å². The van der Waals surface area contributed by atoms with Crippen molar-refractivity contribution in [3.8, 4) is 0 Å². The summed E-state index contributed by atoms with van der Waals surface area (Å²) in [4.78, 5) is 23.3. The van der Waals surface area contributed by atoms with E-state index in [-0.39, 0.29) is 5.91 Å². The largest absolute Gasteiger partial charge is 0.309 e. The molecule has 1 aliphatic carbocycles. The first kappa shape index (κ1) is 15.4. The monoisotopic (exact) mass is 285 g/mol. The van der Waals surface area contributed by atoms with Gasteiger partial charge < -0.3 is 4.90 Å². The van der Waals surface area contributed by atoms with Crippen LogP contribution in [-0.2, 0) is 4.79 Å². The number of allylic oxidation sites excluding steroid dienone is 2. The Bertz CT molecular complexity index is 523. The third kappa shape index (κ3) is 3.20. The number of rotatable bonds is 4. The first-order valence-corrected chi connectivity index (χ1v) is 7.52. The zero-order chi connectivity index (χ0) is 15.3. The minimum atomic E-state index is -0.482. The maximum Gasteiger partial charge on any atom is 0.237 e. The molecule has 0 atom stereocenters. The lowest BCUT2D eigenvalue weighted by Gasteiger charge is -2.33. The number of aryl methyl sites for hydroxylation is 1. The van der Waals surface area contributed by atoms with Crippen molar-refractivity contribution in [1.29, 1.82) is 0 Å². The zero-order valence-electron chi connectivity index (χ0n) is 12.9. The molecule has 1 aromatic heterocycles. The van der Waals surface area contributed by atoms with E-state index in [0.29, 0.717) is 12.4 Å². The van der Waals surface area contributed by atoms with E-state index >= 15 is 0 Å². The molecule has 1 heterocycles. The molecule has 0 saturated carbocycles. The van der Waals surface area contributed by atoms with Crippen molar-refractivity contribution in [2.45, 2.75) is 39.5 Å². The van der Waals surface area contributed by atoms with Crippen molar-refractivity contribution in [3.63, 3.8) is 0 Å². The van der Waals surface area contributed by atoms with Crippen LogP contribution in [0.2, 0.25) is 0 Å². The summed E-state index contributed by atoms with van der Waals surface area (Å²) in [5.74, 6) is 0.815. The Hall–Kier alpha value is -1.97. The molecule has 0 aliphatic heterocycles. The van der Waals surface area contributed by atoms with Gasteiger partial charge in [-0.3, -0.25) is 4.79 Å². The van der Waals surface area contributed by atoms with Crippen molar-refractivity contribution in [2.24, 2.45) is 5.41 Å². The molecule has 0 bridgehead atoms. The van der Waals surface area contributed by atoms with Gasteiger partial charge in [-0.2, -0.15) is 0 Å². The van der Waals surface area contributed by atoms with Crippen LogP contribution in [0.3, 0.4) is 0 Å². The molecule has 0 aromatic carbocycles. The Morgan fingerprint density at radius 3 is 2.38 bits per heavy atom. The summed E-state index contributed by atoms with van der Waals surface area (Å²) in [5.41, 5.74) is 0.274. The number of hydrogen-bond acceptors (Lipinski definition) is 3. The van der Waals surface area contributed by atoms with Crippen molar-refractivity contribution < 1.29 is 4.79 Å². The van der Waals surface area contributed by atoms with Gasteiger partial charge in [-0.25, -0.2) is 9.97 Å². The molecule has 0 N–H and O–H groups in total. The van der Waals surface area contributed by atoms with Crippen molar-refractivity contribution in [3.05, 3.63) is 43.0 Å². The van der Waals surface area contributed by atoms with Gasteiger partial charge in [0.05, 0.1) is 23.5 Å². The molecule has 0 saturated heterocycles. The highest BCUT2D eigenvalue weighted by Gasteiger charge is 2.38. The standard InChI is InChI=1S/C17H23N3O/c1-4-17(10-8-6-7-9-11-17)16(21)20(5-2)15-12-18-14(3)19-13-15/h4,6-7,12-13H,1,5,8-11H2,2-3H3. The first-order chi connectivity index (χ1) is 10.1. The Labute approximate surface area is 126 Å². The molecule has 0 spiro atoms. The number of amides is 1. The Kier molecular flexibility index (Phi) is 4.89. The van der Waals surface area contributed by atoms with Crippen LogP contribution in [0.25, 0.3) is 0 Å². The predicted molar refractivity (Wildman–Crippen MR) is 85.0 cm³/mol. The van der Waals surface area contributed by atoms with E-state index in [2.05, 4.69) is 28.7 Å². The normalized spacial score (nSPS) is 17.0. The van der Waals surface area contributed by atoms with E-state index in [1.165, 1.54) is 0 Å². The van der Waals surface area contributed by atoms with Gasteiger partial charge in [-0.15, -0.1) is 6.58 Å². The summed E-state index contributed by atoms with van der Waals surface area (Å²) < 4.78 is 0. The number of aromatic nitrogens is 2. The molecule has 4 heteroatoms. The van der Waals surface area contributed by atoms with Gasteiger partial charge in [0.25, 0.3) is 0 Å². The van der Waals surface area contributed by atoms with Crippen LogP contribution in [0, 0.1) is 12.3 Å². The molecule has 2 rings (SSSR count).